The molecule has 15 heavy (non-hydrogen) atoms. The third-order valence-electron chi connectivity index (χ3n) is 3.21. The first kappa shape index (κ1) is 13.0. The van der Waals surface area contributed by atoms with E-state index in [1.165, 1.54) is 31.9 Å². The summed E-state index contributed by atoms with van der Waals surface area (Å²) in [5.41, 5.74) is 0.233. The van der Waals surface area contributed by atoms with E-state index in [0.29, 0.717) is 12.5 Å². The summed E-state index contributed by atoms with van der Waals surface area (Å²) in [5.74, 6) is 0.643. The highest BCUT2D eigenvalue weighted by Gasteiger charge is 2.34. The predicted octanol–water partition coefficient (Wildman–Crippen LogP) is 2.14. The van der Waals surface area contributed by atoms with Crippen molar-refractivity contribution in [2.24, 2.45) is 11.3 Å². The summed E-state index contributed by atoms with van der Waals surface area (Å²) in [4.78, 5) is 0. The van der Waals surface area contributed by atoms with Gasteiger partial charge in [-0.25, -0.2) is 13.1 Å². The molecule has 0 aliphatic heterocycles. The van der Waals surface area contributed by atoms with Crippen molar-refractivity contribution in [1.82, 2.24) is 4.72 Å². The summed E-state index contributed by atoms with van der Waals surface area (Å²) in [5, 5.41) is 0. The average molecular weight is 233 g/mol. The van der Waals surface area contributed by atoms with Gasteiger partial charge in [0.15, 0.2) is 0 Å². The summed E-state index contributed by atoms with van der Waals surface area (Å²) in [6, 6.07) is 0. The van der Waals surface area contributed by atoms with Crippen LogP contribution in [0.4, 0.5) is 0 Å². The molecule has 1 saturated carbocycles. The molecule has 1 N–H and O–H groups in total. The summed E-state index contributed by atoms with van der Waals surface area (Å²) in [7, 11) is -3.04. The van der Waals surface area contributed by atoms with Crippen molar-refractivity contribution < 1.29 is 8.42 Å². The number of nitrogens with one attached hydrogen (secondary N) is 1. The van der Waals surface area contributed by atoms with Crippen LogP contribution in [0.15, 0.2) is 0 Å². The third-order valence-corrected chi connectivity index (χ3v) is 3.88. The Labute approximate surface area is 93.7 Å². The van der Waals surface area contributed by atoms with Crippen molar-refractivity contribution in [3.8, 4) is 0 Å². The van der Waals surface area contributed by atoms with E-state index in [1.54, 1.807) is 0 Å². The highest BCUT2D eigenvalue weighted by Crippen LogP contribution is 2.42. The zero-order valence-electron chi connectivity index (χ0n) is 10.0. The SMILES string of the molecule is CC(C)CC1(CNS(C)(=O)=O)CCCC1. The van der Waals surface area contributed by atoms with Gasteiger partial charge in [-0.05, 0) is 30.6 Å². The van der Waals surface area contributed by atoms with Crippen molar-refractivity contribution in [2.75, 3.05) is 12.8 Å². The molecule has 0 heterocycles. The molecule has 0 aromatic rings. The van der Waals surface area contributed by atoms with Crippen molar-refractivity contribution in [1.29, 1.82) is 0 Å². The van der Waals surface area contributed by atoms with E-state index in [9.17, 15) is 8.42 Å². The lowest BCUT2D eigenvalue weighted by atomic mass is 9.79. The van der Waals surface area contributed by atoms with E-state index in [4.69, 9.17) is 0 Å². The molecular formula is C11H23NO2S. The normalized spacial score (nSPS) is 21.1. The van der Waals surface area contributed by atoms with Gasteiger partial charge in [-0.15, -0.1) is 0 Å². The molecule has 0 radical (unpaired) electrons. The molecule has 0 atom stereocenters. The van der Waals surface area contributed by atoms with Gasteiger partial charge in [0.1, 0.15) is 0 Å². The lowest BCUT2D eigenvalue weighted by Gasteiger charge is -2.30. The lowest BCUT2D eigenvalue weighted by Crippen LogP contribution is -2.36. The van der Waals surface area contributed by atoms with Crippen LogP contribution >= 0.6 is 0 Å². The van der Waals surface area contributed by atoms with Crippen molar-refractivity contribution >= 4 is 10.0 Å². The molecule has 1 fully saturated rings. The number of sulfonamides is 1. The Balaban J connectivity index is 2.58. The van der Waals surface area contributed by atoms with E-state index in [-0.39, 0.29) is 5.41 Å². The van der Waals surface area contributed by atoms with Crippen LogP contribution < -0.4 is 4.72 Å². The second kappa shape index (κ2) is 4.83. The van der Waals surface area contributed by atoms with Crippen LogP contribution in [0, 0.1) is 11.3 Å². The van der Waals surface area contributed by atoms with Gasteiger partial charge in [-0.3, -0.25) is 0 Å². The Kier molecular flexibility index (Phi) is 4.18. The van der Waals surface area contributed by atoms with E-state index in [0.717, 1.165) is 6.42 Å². The van der Waals surface area contributed by atoms with Crippen LogP contribution in [0.5, 0.6) is 0 Å². The highest BCUT2D eigenvalue weighted by molar-refractivity contribution is 7.88. The smallest absolute Gasteiger partial charge is 0.208 e. The molecule has 0 spiro atoms. The van der Waals surface area contributed by atoms with Crippen LogP contribution in [0.2, 0.25) is 0 Å². The Hall–Kier alpha value is -0.0900. The zero-order chi connectivity index (χ0) is 11.5. The van der Waals surface area contributed by atoms with Crippen LogP contribution in [-0.4, -0.2) is 21.2 Å². The monoisotopic (exact) mass is 233 g/mol. The maximum atomic E-state index is 11.1. The average Bonchev–Trinajstić information content (AvgIpc) is 2.48. The Bertz CT molecular complexity index is 290. The second-order valence-electron chi connectivity index (χ2n) is 5.40. The van der Waals surface area contributed by atoms with Crippen LogP contribution in [-0.2, 0) is 10.0 Å². The zero-order valence-corrected chi connectivity index (χ0v) is 10.9. The molecule has 0 saturated heterocycles. The van der Waals surface area contributed by atoms with E-state index in [1.807, 2.05) is 0 Å². The number of hydrogen-bond donors (Lipinski definition) is 1. The highest BCUT2D eigenvalue weighted by atomic mass is 32.2. The van der Waals surface area contributed by atoms with Crippen LogP contribution in [0.1, 0.15) is 46.0 Å². The Morgan fingerprint density at radius 1 is 1.27 bits per heavy atom. The minimum Gasteiger partial charge on any atom is -0.215 e. The molecule has 0 aromatic heterocycles. The van der Waals surface area contributed by atoms with Gasteiger partial charge in [0, 0.05) is 6.54 Å². The van der Waals surface area contributed by atoms with E-state index >= 15 is 0 Å². The summed E-state index contributed by atoms with van der Waals surface area (Å²) < 4.78 is 24.9. The van der Waals surface area contributed by atoms with Gasteiger partial charge in [0.05, 0.1) is 6.26 Å². The largest absolute Gasteiger partial charge is 0.215 e. The predicted molar refractivity (Wildman–Crippen MR) is 63.2 cm³/mol. The van der Waals surface area contributed by atoms with Crippen molar-refractivity contribution in [3.05, 3.63) is 0 Å². The molecule has 1 rings (SSSR count). The molecular weight excluding hydrogens is 210 g/mol. The van der Waals surface area contributed by atoms with Crippen molar-refractivity contribution in [3.63, 3.8) is 0 Å². The van der Waals surface area contributed by atoms with Crippen LogP contribution in [0.25, 0.3) is 0 Å². The quantitative estimate of drug-likeness (QED) is 0.791. The van der Waals surface area contributed by atoms with Gasteiger partial charge in [-0.1, -0.05) is 26.7 Å². The molecule has 4 heteroatoms. The topological polar surface area (TPSA) is 46.2 Å². The summed E-state index contributed by atoms with van der Waals surface area (Å²) >= 11 is 0. The van der Waals surface area contributed by atoms with Crippen molar-refractivity contribution in [2.45, 2.75) is 46.0 Å². The van der Waals surface area contributed by atoms with Gasteiger partial charge in [0.25, 0.3) is 0 Å². The molecule has 0 bridgehead atoms. The number of rotatable bonds is 5. The first-order valence-corrected chi connectivity index (χ1v) is 7.67. The molecule has 0 unspecified atom stereocenters. The first-order valence-electron chi connectivity index (χ1n) is 5.78. The second-order valence-corrected chi connectivity index (χ2v) is 7.23. The van der Waals surface area contributed by atoms with Gasteiger partial charge in [-0.2, -0.15) is 0 Å². The molecule has 90 valence electrons. The van der Waals surface area contributed by atoms with Gasteiger partial charge >= 0.3 is 0 Å². The lowest BCUT2D eigenvalue weighted by molar-refractivity contribution is 0.236. The fraction of sp³-hybridized carbons (Fsp3) is 1.00. The van der Waals surface area contributed by atoms with Gasteiger partial charge < -0.3 is 0 Å². The summed E-state index contributed by atoms with van der Waals surface area (Å²) in [6.45, 7) is 5.05. The third kappa shape index (κ3) is 4.51. The number of hydrogen-bond acceptors (Lipinski definition) is 2. The Morgan fingerprint density at radius 3 is 2.20 bits per heavy atom. The standard InChI is InChI=1S/C11H23NO2S/c1-10(2)8-11(6-4-5-7-11)9-12-15(3,13)14/h10,12H,4-9H2,1-3H3. The van der Waals surface area contributed by atoms with E-state index in [2.05, 4.69) is 18.6 Å². The minimum atomic E-state index is -3.04. The minimum absolute atomic E-state index is 0.233. The molecule has 1 aliphatic carbocycles. The fourth-order valence-electron chi connectivity index (χ4n) is 2.73. The van der Waals surface area contributed by atoms with E-state index < -0.39 is 10.0 Å². The van der Waals surface area contributed by atoms with Crippen LogP contribution in [0.3, 0.4) is 0 Å². The maximum absolute atomic E-state index is 11.1. The fourth-order valence-corrected chi connectivity index (χ4v) is 3.30. The molecule has 3 nitrogen and oxygen atoms in total. The maximum Gasteiger partial charge on any atom is 0.208 e. The molecule has 0 amide bonds. The summed E-state index contributed by atoms with van der Waals surface area (Å²) in [6.07, 6.45) is 7.22. The molecule has 0 aromatic carbocycles. The molecule has 1 aliphatic rings. The Morgan fingerprint density at radius 2 is 1.80 bits per heavy atom. The first-order chi connectivity index (χ1) is 6.83. The van der Waals surface area contributed by atoms with Gasteiger partial charge in [0.2, 0.25) is 10.0 Å².